The molecule has 0 N–H and O–H groups in total. The molecule has 1 aromatic carbocycles. The van der Waals surface area contributed by atoms with Gasteiger partial charge in [-0.1, -0.05) is 12.2 Å². The number of esters is 2. The fourth-order valence-corrected chi connectivity index (χ4v) is 1.86. The Morgan fingerprint density at radius 1 is 1.09 bits per heavy atom. The standard InChI is InChI=1S/C17H21NO5/c1-5-18(10-12(2)3)15(19)11-23-17(21)14-8-6-13(7-9-14)16(20)22-4/h6-9H,2,5,10-11H2,1,3-4H3. The van der Waals surface area contributed by atoms with Gasteiger partial charge in [0, 0.05) is 13.1 Å². The summed E-state index contributed by atoms with van der Waals surface area (Å²) in [5.74, 6) is -1.39. The molecule has 0 heterocycles. The quantitative estimate of drug-likeness (QED) is 0.568. The topological polar surface area (TPSA) is 72.9 Å². The van der Waals surface area contributed by atoms with Gasteiger partial charge in [0.05, 0.1) is 18.2 Å². The summed E-state index contributed by atoms with van der Waals surface area (Å²) in [6, 6.07) is 5.82. The van der Waals surface area contributed by atoms with Crippen LogP contribution in [-0.4, -0.2) is 49.6 Å². The summed E-state index contributed by atoms with van der Waals surface area (Å²) in [6.45, 7) is 8.03. The Labute approximate surface area is 135 Å². The fraction of sp³-hybridized carbons (Fsp3) is 0.353. The van der Waals surface area contributed by atoms with E-state index in [0.29, 0.717) is 18.7 Å². The molecule has 6 heteroatoms. The van der Waals surface area contributed by atoms with E-state index in [-0.39, 0.29) is 18.1 Å². The Kier molecular flexibility index (Phi) is 6.99. The van der Waals surface area contributed by atoms with Crippen LogP contribution in [0, 0.1) is 0 Å². The number of benzene rings is 1. The highest BCUT2D eigenvalue weighted by molar-refractivity contribution is 5.94. The molecular weight excluding hydrogens is 298 g/mol. The van der Waals surface area contributed by atoms with Gasteiger partial charge in [-0.15, -0.1) is 0 Å². The third kappa shape index (κ3) is 5.58. The minimum Gasteiger partial charge on any atom is -0.465 e. The maximum Gasteiger partial charge on any atom is 0.338 e. The van der Waals surface area contributed by atoms with Crippen LogP contribution in [0.5, 0.6) is 0 Å². The van der Waals surface area contributed by atoms with Crippen molar-refractivity contribution < 1.29 is 23.9 Å². The van der Waals surface area contributed by atoms with Crippen LogP contribution in [0.1, 0.15) is 34.6 Å². The van der Waals surface area contributed by atoms with Gasteiger partial charge < -0.3 is 14.4 Å². The summed E-state index contributed by atoms with van der Waals surface area (Å²) < 4.78 is 9.58. The molecule has 0 aliphatic carbocycles. The van der Waals surface area contributed by atoms with Gasteiger partial charge in [-0.05, 0) is 38.1 Å². The molecule has 0 saturated heterocycles. The molecule has 0 aliphatic heterocycles. The van der Waals surface area contributed by atoms with Crippen LogP contribution in [0.2, 0.25) is 0 Å². The number of likely N-dealkylation sites (N-methyl/N-ethyl adjacent to an activating group) is 1. The lowest BCUT2D eigenvalue weighted by molar-refractivity contribution is -0.133. The van der Waals surface area contributed by atoms with Crippen molar-refractivity contribution in [1.29, 1.82) is 0 Å². The third-order valence-electron chi connectivity index (χ3n) is 3.06. The van der Waals surface area contributed by atoms with Crippen molar-refractivity contribution in [1.82, 2.24) is 4.90 Å². The van der Waals surface area contributed by atoms with Crippen molar-refractivity contribution in [2.24, 2.45) is 0 Å². The zero-order valence-electron chi connectivity index (χ0n) is 13.6. The number of nitrogens with zero attached hydrogens (tertiary/aromatic N) is 1. The molecule has 0 unspecified atom stereocenters. The highest BCUT2D eigenvalue weighted by Gasteiger charge is 2.15. The van der Waals surface area contributed by atoms with Crippen molar-refractivity contribution in [3.05, 3.63) is 47.5 Å². The first-order chi connectivity index (χ1) is 10.9. The maximum absolute atomic E-state index is 12.0. The van der Waals surface area contributed by atoms with Crippen molar-refractivity contribution in [2.75, 3.05) is 26.8 Å². The van der Waals surface area contributed by atoms with Gasteiger partial charge in [-0.2, -0.15) is 0 Å². The largest absolute Gasteiger partial charge is 0.465 e. The van der Waals surface area contributed by atoms with Gasteiger partial charge in [0.25, 0.3) is 5.91 Å². The molecule has 0 atom stereocenters. The number of hydrogen-bond donors (Lipinski definition) is 0. The molecular formula is C17H21NO5. The van der Waals surface area contributed by atoms with Crippen molar-refractivity contribution in [3.8, 4) is 0 Å². The molecule has 1 amide bonds. The number of amides is 1. The van der Waals surface area contributed by atoms with Gasteiger partial charge in [0.15, 0.2) is 6.61 Å². The molecule has 0 aliphatic rings. The van der Waals surface area contributed by atoms with E-state index in [1.165, 1.54) is 31.4 Å². The maximum atomic E-state index is 12.0. The number of hydrogen-bond acceptors (Lipinski definition) is 5. The van der Waals surface area contributed by atoms with Crippen LogP contribution < -0.4 is 0 Å². The minimum absolute atomic E-state index is 0.258. The van der Waals surface area contributed by atoms with Gasteiger partial charge >= 0.3 is 11.9 Å². The van der Waals surface area contributed by atoms with Crippen LogP contribution in [0.25, 0.3) is 0 Å². The monoisotopic (exact) mass is 319 g/mol. The number of ether oxygens (including phenoxy) is 2. The van der Waals surface area contributed by atoms with Crippen molar-refractivity contribution >= 4 is 17.8 Å². The highest BCUT2D eigenvalue weighted by atomic mass is 16.5. The molecule has 6 nitrogen and oxygen atoms in total. The average molecular weight is 319 g/mol. The van der Waals surface area contributed by atoms with Crippen LogP contribution in [0.3, 0.4) is 0 Å². The molecule has 23 heavy (non-hydrogen) atoms. The zero-order valence-corrected chi connectivity index (χ0v) is 13.6. The van der Waals surface area contributed by atoms with Crippen LogP contribution in [0.15, 0.2) is 36.4 Å². The lowest BCUT2D eigenvalue weighted by atomic mass is 10.1. The Hall–Kier alpha value is -2.63. The summed E-state index contributed by atoms with van der Waals surface area (Å²) in [5.41, 5.74) is 1.44. The lowest BCUT2D eigenvalue weighted by Crippen LogP contribution is -2.35. The summed E-state index contributed by atoms with van der Waals surface area (Å²) in [4.78, 5) is 36.7. The van der Waals surface area contributed by atoms with E-state index in [1.54, 1.807) is 4.90 Å². The summed E-state index contributed by atoms with van der Waals surface area (Å²) in [6.07, 6.45) is 0. The molecule has 0 radical (unpaired) electrons. The Morgan fingerprint density at radius 3 is 2.04 bits per heavy atom. The van der Waals surface area contributed by atoms with Gasteiger partial charge in [0.1, 0.15) is 0 Å². The van der Waals surface area contributed by atoms with Crippen LogP contribution in [0.4, 0.5) is 0 Å². The molecule has 0 fully saturated rings. The molecule has 1 aromatic rings. The summed E-state index contributed by atoms with van der Waals surface area (Å²) in [7, 11) is 1.28. The van der Waals surface area contributed by atoms with Crippen LogP contribution >= 0.6 is 0 Å². The number of methoxy groups -OCH3 is 1. The number of carbonyl (C=O) groups excluding carboxylic acids is 3. The predicted molar refractivity (Wildman–Crippen MR) is 85.1 cm³/mol. The highest BCUT2D eigenvalue weighted by Crippen LogP contribution is 2.07. The normalized spacial score (nSPS) is 9.87. The first kappa shape index (κ1) is 18.4. The van der Waals surface area contributed by atoms with E-state index in [9.17, 15) is 14.4 Å². The predicted octanol–water partition coefficient (Wildman–Crippen LogP) is 2.05. The average Bonchev–Trinajstić information content (AvgIpc) is 2.56. The van der Waals surface area contributed by atoms with Crippen molar-refractivity contribution in [2.45, 2.75) is 13.8 Å². The SMILES string of the molecule is C=C(C)CN(CC)C(=O)COC(=O)c1ccc(C(=O)OC)cc1. The molecule has 0 saturated carbocycles. The van der Waals surface area contributed by atoms with E-state index in [1.807, 2.05) is 13.8 Å². The van der Waals surface area contributed by atoms with Gasteiger partial charge in [-0.3, -0.25) is 4.79 Å². The Morgan fingerprint density at radius 2 is 1.61 bits per heavy atom. The second-order valence-corrected chi connectivity index (χ2v) is 5.01. The second-order valence-electron chi connectivity index (χ2n) is 5.01. The van der Waals surface area contributed by atoms with E-state index in [2.05, 4.69) is 11.3 Å². The fourth-order valence-electron chi connectivity index (χ4n) is 1.86. The summed E-state index contributed by atoms with van der Waals surface area (Å²) >= 11 is 0. The van der Waals surface area contributed by atoms with E-state index in [0.717, 1.165) is 5.57 Å². The van der Waals surface area contributed by atoms with E-state index >= 15 is 0 Å². The molecule has 124 valence electrons. The molecule has 0 spiro atoms. The molecule has 1 rings (SSSR count). The second kappa shape index (κ2) is 8.73. The smallest absolute Gasteiger partial charge is 0.338 e. The molecule has 0 bridgehead atoms. The zero-order chi connectivity index (χ0) is 17.4. The minimum atomic E-state index is -0.624. The number of rotatable bonds is 7. The first-order valence-corrected chi connectivity index (χ1v) is 7.16. The van der Waals surface area contributed by atoms with Crippen LogP contribution in [-0.2, 0) is 14.3 Å². The van der Waals surface area contributed by atoms with E-state index in [4.69, 9.17) is 4.74 Å². The lowest BCUT2D eigenvalue weighted by Gasteiger charge is -2.20. The third-order valence-corrected chi connectivity index (χ3v) is 3.06. The van der Waals surface area contributed by atoms with E-state index < -0.39 is 11.9 Å². The molecule has 0 aromatic heterocycles. The Bertz CT molecular complexity index is 592. The van der Waals surface area contributed by atoms with Gasteiger partial charge in [0.2, 0.25) is 0 Å². The van der Waals surface area contributed by atoms with Gasteiger partial charge in [-0.25, -0.2) is 9.59 Å². The number of carbonyl (C=O) groups is 3. The van der Waals surface area contributed by atoms with Crippen molar-refractivity contribution in [3.63, 3.8) is 0 Å². The first-order valence-electron chi connectivity index (χ1n) is 7.16. The Balaban J connectivity index is 2.60. The summed E-state index contributed by atoms with van der Waals surface area (Å²) in [5, 5.41) is 0.